The first-order valence-electron chi connectivity index (χ1n) is 4.33. The average Bonchev–Trinajstić information content (AvgIpc) is 2.12. The molecular weight excluding hydrogens is 267 g/mol. The Hall–Kier alpha value is -0.630. The van der Waals surface area contributed by atoms with Gasteiger partial charge in [-0.15, -0.1) is 0 Å². The van der Waals surface area contributed by atoms with E-state index in [1.807, 2.05) is 0 Å². The smallest absolute Gasteiger partial charge is 0.200 e. The highest BCUT2D eigenvalue weighted by atomic mass is 19.4. The first kappa shape index (κ1) is 16.4. The third kappa shape index (κ3) is 2.79. The zero-order valence-corrected chi connectivity index (χ0v) is 8.39. The molecular formula is C8H8F9. The van der Waals surface area contributed by atoms with E-state index >= 15 is 0 Å². The summed E-state index contributed by atoms with van der Waals surface area (Å²) in [7, 11) is 0. The molecule has 0 atom stereocenters. The Bertz CT molecular complexity index is 252. The summed E-state index contributed by atoms with van der Waals surface area (Å²) in [6.07, 6.45) is -8.27. The van der Waals surface area contributed by atoms with Crippen LogP contribution in [0.15, 0.2) is 0 Å². The van der Waals surface area contributed by atoms with E-state index in [9.17, 15) is 39.5 Å². The molecule has 0 aromatic rings. The molecule has 0 aromatic heterocycles. The molecule has 0 unspecified atom stereocenters. The first-order valence-corrected chi connectivity index (χ1v) is 4.33. The second kappa shape index (κ2) is 4.56. The van der Waals surface area contributed by atoms with Crippen LogP contribution in [-0.2, 0) is 0 Å². The molecule has 17 heavy (non-hydrogen) atoms. The van der Waals surface area contributed by atoms with Gasteiger partial charge in [0.2, 0.25) is 0 Å². The number of rotatable bonds is 5. The van der Waals surface area contributed by atoms with Crippen molar-refractivity contribution in [3.63, 3.8) is 0 Å². The van der Waals surface area contributed by atoms with Crippen molar-refractivity contribution in [2.45, 2.75) is 43.7 Å². The van der Waals surface area contributed by atoms with E-state index in [2.05, 4.69) is 0 Å². The number of alkyl halides is 9. The number of hydrogen-bond acceptors (Lipinski definition) is 0. The van der Waals surface area contributed by atoms with Crippen LogP contribution in [0.3, 0.4) is 0 Å². The van der Waals surface area contributed by atoms with Crippen LogP contribution >= 0.6 is 0 Å². The molecule has 0 aromatic carbocycles. The maximum atomic E-state index is 12.7. The van der Waals surface area contributed by atoms with Gasteiger partial charge >= 0.3 is 23.9 Å². The zero-order chi connectivity index (χ0) is 14.1. The topological polar surface area (TPSA) is 0 Å². The van der Waals surface area contributed by atoms with Crippen LogP contribution in [0, 0.1) is 6.42 Å². The van der Waals surface area contributed by atoms with Crippen LogP contribution in [0.4, 0.5) is 39.5 Å². The van der Waals surface area contributed by atoms with E-state index in [1.54, 1.807) is 0 Å². The summed E-state index contributed by atoms with van der Waals surface area (Å²) < 4.78 is 110. The summed E-state index contributed by atoms with van der Waals surface area (Å²) >= 11 is 0. The highest BCUT2D eigenvalue weighted by molar-refractivity contribution is 5.01. The fourth-order valence-electron chi connectivity index (χ4n) is 0.861. The molecule has 0 heterocycles. The summed E-state index contributed by atoms with van der Waals surface area (Å²) in [5.41, 5.74) is 0. The van der Waals surface area contributed by atoms with Gasteiger partial charge in [0.05, 0.1) is 0 Å². The highest BCUT2D eigenvalue weighted by Gasteiger charge is 2.81. The van der Waals surface area contributed by atoms with Gasteiger partial charge in [0.15, 0.2) is 0 Å². The summed E-state index contributed by atoms with van der Waals surface area (Å²) in [6.45, 7) is 1.25. The van der Waals surface area contributed by atoms with E-state index in [1.165, 1.54) is 6.92 Å². The van der Waals surface area contributed by atoms with Crippen LogP contribution in [-0.4, -0.2) is 23.9 Å². The largest absolute Gasteiger partial charge is 0.460 e. The van der Waals surface area contributed by atoms with Crippen LogP contribution in [0.25, 0.3) is 0 Å². The fourth-order valence-corrected chi connectivity index (χ4v) is 0.861. The van der Waals surface area contributed by atoms with E-state index in [4.69, 9.17) is 0 Å². The monoisotopic (exact) mass is 275 g/mol. The van der Waals surface area contributed by atoms with Gasteiger partial charge in [-0.05, 0) is 6.42 Å². The second-order valence-corrected chi connectivity index (χ2v) is 3.25. The van der Waals surface area contributed by atoms with Crippen molar-refractivity contribution in [2.24, 2.45) is 0 Å². The molecule has 1 radical (unpaired) electrons. The summed E-state index contributed by atoms with van der Waals surface area (Å²) in [5, 5.41) is 0. The minimum absolute atomic E-state index is 0.163. The van der Waals surface area contributed by atoms with Crippen LogP contribution in [0.2, 0.25) is 0 Å². The van der Waals surface area contributed by atoms with Gasteiger partial charge in [-0.3, -0.25) is 0 Å². The third-order valence-corrected chi connectivity index (χ3v) is 1.90. The molecule has 0 bridgehead atoms. The highest BCUT2D eigenvalue weighted by Crippen LogP contribution is 2.54. The van der Waals surface area contributed by atoms with Crippen molar-refractivity contribution in [2.75, 3.05) is 0 Å². The minimum Gasteiger partial charge on any atom is -0.200 e. The molecule has 103 valence electrons. The predicted octanol–water partition coefficient (Wildman–Crippen LogP) is 4.46. The minimum atomic E-state index is -6.79. The molecule has 0 amide bonds. The summed E-state index contributed by atoms with van der Waals surface area (Å²) in [6, 6.07) is 0. The van der Waals surface area contributed by atoms with E-state index in [0.29, 0.717) is 6.42 Å². The van der Waals surface area contributed by atoms with Crippen LogP contribution < -0.4 is 0 Å². The maximum Gasteiger partial charge on any atom is 0.460 e. The van der Waals surface area contributed by atoms with Gasteiger partial charge < -0.3 is 0 Å². The lowest BCUT2D eigenvalue weighted by atomic mass is 9.99. The number of unbranched alkanes of at least 4 members (excludes halogenated alkanes) is 1. The molecule has 0 N–H and O–H groups in total. The molecule has 9 heteroatoms. The molecule has 0 aliphatic carbocycles. The SMILES string of the molecule is CC[CH]CC(F)(F)C(F)(F)C(F)(F)C(F)(F)F. The van der Waals surface area contributed by atoms with Gasteiger partial charge in [0, 0.05) is 6.42 Å². The fraction of sp³-hybridized carbons (Fsp3) is 0.875. The van der Waals surface area contributed by atoms with Gasteiger partial charge in [-0.2, -0.15) is 39.5 Å². The van der Waals surface area contributed by atoms with Crippen molar-refractivity contribution in [3.8, 4) is 0 Å². The van der Waals surface area contributed by atoms with E-state index in [0.717, 1.165) is 0 Å². The van der Waals surface area contributed by atoms with Crippen LogP contribution in [0.1, 0.15) is 19.8 Å². The Morgan fingerprint density at radius 1 is 0.765 bits per heavy atom. The van der Waals surface area contributed by atoms with Crippen molar-refractivity contribution < 1.29 is 39.5 Å². The number of halogens is 9. The lowest BCUT2D eigenvalue weighted by Crippen LogP contribution is -2.60. The Morgan fingerprint density at radius 3 is 1.47 bits per heavy atom. The van der Waals surface area contributed by atoms with Gasteiger partial charge in [-0.1, -0.05) is 13.3 Å². The molecule has 0 saturated carbocycles. The Morgan fingerprint density at radius 2 is 1.18 bits per heavy atom. The molecule has 0 aliphatic heterocycles. The predicted molar refractivity (Wildman–Crippen MR) is 40.1 cm³/mol. The molecule has 0 rings (SSSR count). The van der Waals surface area contributed by atoms with E-state index in [-0.39, 0.29) is 6.42 Å². The van der Waals surface area contributed by atoms with Crippen molar-refractivity contribution >= 4 is 0 Å². The summed E-state index contributed by atoms with van der Waals surface area (Å²) in [4.78, 5) is 0. The molecule has 0 fully saturated rings. The Labute approximate surface area is 90.8 Å². The molecule has 0 saturated heterocycles. The normalized spacial score (nSPS) is 15.2. The number of hydrogen-bond donors (Lipinski definition) is 0. The van der Waals surface area contributed by atoms with Crippen molar-refractivity contribution in [3.05, 3.63) is 6.42 Å². The average molecular weight is 275 g/mol. The second-order valence-electron chi connectivity index (χ2n) is 3.25. The van der Waals surface area contributed by atoms with Crippen molar-refractivity contribution in [1.82, 2.24) is 0 Å². The molecule has 0 nitrogen and oxygen atoms in total. The third-order valence-electron chi connectivity index (χ3n) is 1.90. The van der Waals surface area contributed by atoms with Gasteiger partial charge in [0.1, 0.15) is 0 Å². The first-order chi connectivity index (χ1) is 7.31. The van der Waals surface area contributed by atoms with Gasteiger partial charge in [-0.25, -0.2) is 0 Å². The van der Waals surface area contributed by atoms with E-state index < -0.39 is 30.4 Å². The lowest BCUT2D eigenvalue weighted by molar-refractivity contribution is -0.395. The van der Waals surface area contributed by atoms with Crippen LogP contribution in [0.5, 0.6) is 0 Å². The standard InChI is InChI=1S/C8H8F9/c1-2-3-4-5(9,10)6(11,12)7(13,14)8(15,16)17/h3H,2,4H2,1H3. The zero-order valence-electron chi connectivity index (χ0n) is 8.39. The maximum absolute atomic E-state index is 12.7. The Kier molecular flexibility index (Phi) is 4.40. The quantitative estimate of drug-likeness (QED) is 0.650. The Balaban J connectivity index is 5.24. The van der Waals surface area contributed by atoms with Crippen molar-refractivity contribution in [1.29, 1.82) is 0 Å². The summed E-state index contributed by atoms with van der Waals surface area (Å²) in [5.74, 6) is -18.8. The lowest BCUT2D eigenvalue weighted by Gasteiger charge is -2.33. The van der Waals surface area contributed by atoms with Gasteiger partial charge in [0.25, 0.3) is 0 Å². The molecule has 0 spiro atoms. The molecule has 0 aliphatic rings.